The summed E-state index contributed by atoms with van der Waals surface area (Å²) in [7, 11) is 0. The molecule has 0 aliphatic heterocycles. The normalized spacial score (nSPS) is 12.5. The standard InChI is InChI=1S/C9H10ClNO3/c1-5-2-6(4-11-9(5)10)7(12)3-8(13)14/h2,4,7,12H,3H2,1H3,(H,13,14)/t7-/m0/s1. The number of aryl methyl sites for hydroxylation is 1. The molecule has 0 radical (unpaired) electrons. The molecule has 0 aromatic carbocycles. The number of pyridine rings is 1. The van der Waals surface area contributed by atoms with Gasteiger partial charge in [0, 0.05) is 6.20 Å². The Morgan fingerprint density at radius 2 is 2.36 bits per heavy atom. The average Bonchev–Trinajstić information content (AvgIpc) is 2.08. The van der Waals surface area contributed by atoms with Crippen LogP contribution in [0.2, 0.25) is 5.15 Å². The maximum atomic E-state index is 10.3. The van der Waals surface area contributed by atoms with Crippen molar-refractivity contribution >= 4 is 17.6 Å². The lowest BCUT2D eigenvalue weighted by Crippen LogP contribution is -2.06. The highest BCUT2D eigenvalue weighted by atomic mass is 35.5. The second-order valence-corrected chi connectivity index (χ2v) is 3.35. The number of aromatic nitrogens is 1. The number of nitrogens with zero attached hydrogens (tertiary/aromatic N) is 1. The Labute approximate surface area is 86.2 Å². The molecule has 0 bridgehead atoms. The number of carboxylic acids is 1. The van der Waals surface area contributed by atoms with Crippen molar-refractivity contribution in [1.82, 2.24) is 4.98 Å². The van der Waals surface area contributed by atoms with Crippen LogP contribution >= 0.6 is 11.6 Å². The number of aliphatic hydroxyl groups is 1. The Morgan fingerprint density at radius 1 is 1.71 bits per heavy atom. The fraction of sp³-hybridized carbons (Fsp3) is 0.333. The van der Waals surface area contributed by atoms with Crippen molar-refractivity contribution in [1.29, 1.82) is 0 Å². The van der Waals surface area contributed by atoms with Crippen molar-refractivity contribution in [2.24, 2.45) is 0 Å². The molecule has 0 amide bonds. The summed E-state index contributed by atoms with van der Waals surface area (Å²) in [5.41, 5.74) is 1.18. The van der Waals surface area contributed by atoms with E-state index in [1.807, 2.05) is 0 Å². The summed E-state index contributed by atoms with van der Waals surface area (Å²) in [4.78, 5) is 14.1. The zero-order valence-corrected chi connectivity index (χ0v) is 8.32. The number of halogens is 1. The highest BCUT2D eigenvalue weighted by Crippen LogP contribution is 2.20. The summed E-state index contributed by atoms with van der Waals surface area (Å²) >= 11 is 5.68. The van der Waals surface area contributed by atoms with E-state index in [0.29, 0.717) is 16.3 Å². The van der Waals surface area contributed by atoms with Crippen molar-refractivity contribution in [2.45, 2.75) is 19.4 Å². The van der Waals surface area contributed by atoms with E-state index in [1.165, 1.54) is 6.20 Å². The van der Waals surface area contributed by atoms with Crippen LogP contribution in [0, 0.1) is 6.92 Å². The van der Waals surface area contributed by atoms with Crippen molar-refractivity contribution in [3.05, 3.63) is 28.5 Å². The third kappa shape index (κ3) is 2.68. The maximum absolute atomic E-state index is 10.3. The summed E-state index contributed by atoms with van der Waals surface area (Å²) in [6.45, 7) is 1.74. The van der Waals surface area contributed by atoms with E-state index in [4.69, 9.17) is 16.7 Å². The van der Waals surface area contributed by atoms with Crippen molar-refractivity contribution in [3.8, 4) is 0 Å². The highest BCUT2D eigenvalue weighted by molar-refractivity contribution is 6.30. The van der Waals surface area contributed by atoms with Gasteiger partial charge in [0.15, 0.2) is 0 Å². The monoisotopic (exact) mass is 215 g/mol. The molecule has 76 valence electrons. The number of rotatable bonds is 3. The van der Waals surface area contributed by atoms with Crippen LogP contribution in [0.15, 0.2) is 12.3 Å². The van der Waals surface area contributed by atoms with E-state index in [0.717, 1.165) is 0 Å². The highest BCUT2D eigenvalue weighted by Gasteiger charge is 2.13. The van der Waals surface area contributed by atoms with Gasteiger partial charge >= 0.3 is 5.97 Å². The zero-order valence-electron chi connectivity index (χ0n) is 7.57. The van der Waals surface area contributed by atoms with Gasteiger partial charge < -0.3 is 10.2 Å². The Morgan fingerprint density at radius 3 is 2.86 bits per heavy atom. The van der Waals surface area contributed by atoms with Crippen LogP contribution in [0.5, 0.6) is 0 Å². The molecule has 1 atom stereocenters. The Kier molecular flexibility index (Phi) is 3.43. The minimum atomic E-state index is -1.05. The zero-order chi connectivity index (χ0) is 10.7. The molecule has 0 aliphatic carbocycles. The number of aliphatic carboxylic acids is 1. The first-order valence-electron chi connectivity index (χ1n) is 4.02. The van der Waals surface area contributed by atoms with Gasteiger partial charge in [0.25, 0.3) is 0 Å². The third-order valence-corrected chi connectivity index (χ3v) is 2.18. The Balaban J connectivity index is 2.85. The molecule has 0 unspecified atom stereocenters. The van der Waals surface area contributed by atoms with Gasteiger partial charge in [0.05, 0.1) is 12.5 Å². The van der Waals surface area contributed by atoms with Gasteiger partial charge in [-0.15, -0.1) is 0 Å². The summed E-state index contributed by atoms with van der Waals surface area (Å²) in [6.07, 6.45) is 0.0158. The molecule has 0 aliphatic rings. The molecular weight excluding hydrogens is 206 g/mol. The first-order chi connectivity index (χ1) is 6.50. The fourth-order valence-corrected chi connectivity index (χ4v) is 1.15. The second kappa shape index (κ2) is 4.39. The largest absolute Gasteiger partial charge is 0.481 e. The van der Waals surface area contributed by atoms with E-state index in [1.54, 1.807) is 13.0 Å². The van der Waals surface area contributed by atoms with E-state index >= 15 is 0 Å². The lowest BCUT2D eigenvalue weighted by Gasteiger charge is -2.08. The minimum absolute atomic E-state index is 0.331. The van der Waals surface area contributed by atoms with E-state index in [9.17, 15) is 9.90 Å². The van der Waals surface area contributed by atoms with Gasteiger partial charge in [-0.1, -0.05) is 11.6 Å². The smallest absolute Gasteiger partial charge is 0.306 e. The van der Waals surface area contributed by atoms with Gasteiger partial charge in [0.1, 0.15) is 5.15 Å². The summed E-state index contributed by atoms with van der Waals surface area (Å²) in [6, 6.07) is 1.63. The molecule has 4 nitrogen and oxygen atoms in total. The van der Waals surface area contributed by atoms with Gasteiger partial charge in [-0.3, -0.25) is 4.79 Å². The number of carbonyl (C=O) groups is 1. The predicted octanol–water partition coefficient (Wildman–Crippen LogP) is 1.55. The second-order valence-electron chi connectivity index (χ2n) is 2.99. The third-order valence-electron chi connectivity index (χ3n) is 1.79. The Hall–Kier alpha value is -1.13. The quantitative estimate of drug-likeness (QED) is 0.751. The lowest BCUT2D eigenvalue weighted by molar-refractivity contribution is -0.139. The lowest BCUT2D eigenvalue weighted by atomic mass is 10.1. The molecule has 14 heavy (non-hydrogen) atoms. The Bertz CT molecular complexity index is 354. The predicted molar refractivity (Wildman–Crippen MR) is 51.2 cm³/mol. The molecule has 1 rings (SSSR count). The van der Waals surface area contributed by atoms with E-state index < -0.39 is 12.1 Å². The molecule has 0 spiro atoms. The molecule has 1 heterocycles. The molecule has 0 saturated heterocycles. The van der Waals surface area contributed by atoms with Crippen LogP contribution in [-0.4, -0.2) is 21.2 Å². The molecule has 1 aromatic rings. The van der Waals surface area contributed by atoms with E-state index in [-0.39, 0.29) is 6.42 Å². The maximum Gasteiger partial charge on any atom is 0.306 e. The van der Waals surface area contributed by atoms with Crippen LogP contribution in [-0.2, 0) is 4.79 Å². The van der Waals surface area contributed by atoms with Crippen molar-refractivity contribution in [3.63, 3.8) is 0 Å². The molecule has 0 fully saturated rings. The van der Waals surface area contributed by atoms with Gasteiger partial charge in [-0.2, -0.15) is 0 Å². The minimum Gasteiger partial charge on any atom is -0.481 e. The van der Waals surface area contributed by atoms with Crippen LogP contribution in [0.1, 0.15) is 23.7 Å². The fourth-order valence-electron chi connectivity index (χ4n) is 1.05. The van der Waals surface area contributed by atoms with Gasteiger partial charge in [-0.25, -0.2) is 4.98 Å². The van der Waals surface area contributed by atoms with E-state index in [2.05, 4.69) is 4.98 Å². The summed E-state index contributed by atoms with van der Waals surface area (Å²) < 4.78 is 0. The van der Waals surface area contributed by atoms with Gasteiger partial charge in [-0.05, 0) is 24.1 Å². The van der Waals surface area contributed by atoms with Crippen LogP contribution in [0.25, 0.3) is 0 Å². The number of hydrogen-bond acceptors (Lipinski definition) is 3. The van der Waals surface area contributed by atoms with Gasteiger partial charge in [0.2, 0.25) is 0 Å². The van der Waals surface area contributed by atoms with Crippen molar-refractivity contribution < 1.29 is 15.0 Å². The number of carboxylic acid groups (broad SMARTS) is 1. The molecular formula is C9H10ClNO3. The topological polar surface area (TPSA) is 70.4 Å². The molecule has 5 heteroatoms. The molecule has 0 saturated carbocycles. The summed E-state index contributed by atoms with van der Waals surface area (Å²) in [5.74, 6) is -1.05. The van der Waals surface area contributed by atoms with Crippen LogP contribution in [0.4, 0.5) is 0 Å². The average molecular weight is 216 g/mol. The first-order valence-corrected chi connectivity index (χ1v) is 4.40. The molecule has 2 N–H and O–H groups in total. The molecule has 1 aromatic heterocycles. The van der Waals surface area contributed by atoms with Crippen LogP contribution < -0.4 is 0 Å². The van der Waals surface area contributed by atoms with Crippen molar-refractivity contribution in [2.75, 3.05) is 0 Å². The van der Waals surface area contributed by atoms with Crippen LogP contribution in [0.3, 0.4) is 0 Å². The SMILES string of the molecule is Cc1cc([C@@H](O)CC(=O)O)cnc1Cl. The number of aliphatic hydroxyl groups excluding tert-OH is 1. The summed E-state index contributed by atoms with van der Waals surface area (Å²) in [5, 5.41) is 18.3. The first kappa shape index (κ1) is 10.9. The number of hydrogen-bond donors (Lipinski definition) is 2.